The molecule has 0 aromatic heterocycles. The standard InChI is InChI=1S/C40H39N3O.ClH/c44-39(41-29-31-15-19-35(20-16-31)33-9-3-1-4-10-33)40(27-37-13-7-8-14-38(37)28-40)43-25-23-42(24-26-43)30-32-17-21-36(22-18-32)34-11-5-2-6-12-34;/h1-22H,23-30H2,(H,41,44);1H. The number of amides is 1. The molecule has 0 spiro atoms. The van der Waals surface area contributed by atoms with Gasteiger partial charge in [0.1, 0.15) is 5.54 Å². The molecule has 1 aliphatic heterocycles. The minimum atomic E-state index is -0.545. The monoisotopic (exact) mass is 613 g/mol. The highest BCUT2D eigenvalue weighted by molar-refractivity contribution is 5.88. The molecule has 4 nitrogen and oxygen atoms in total. The topological polar surface area (TPSA) is 35.6 Å². The van der Waals surface area contributed by atoms with E-state index in [0.29, 0.717) is 6.54 Å². The van der Waals surface area contributed by atoms with Crippen molar-refractivity contribution in [2.45, 2.75) is 31.5 Å². The number of piperazine rings is 1. The van der Waals surface area contributed by atoms with Gasteiger partial charge in [0.15, 0.2) is 0 Å². The van der Waals surface area contributed by atoms with Crippen LogP contribution in [-0.2, 0) is 30.7 Å². The number of hydrogen-bond acceptors (Lipinski definition) is 3. The summed E-state index contributed by atoms with van der Waals surface area (Å²) in [6.45, 7) is 5.14. The quantitative estimate of drug-likeness (QED) is 0.198. The minimum Gasteiger partial charge on any atom is -0.350 e. The third-order valence-corrected chi connectivity index (χ3v) is 9.47. The van der Waals surface area contributed by atoms with E-state index in [1.54, 1.807) is 0 Å². The van der Waals surface area contributed by atoms with Gasteiger partial charge in [-0.1, -0.05) is 133 Å². The Hall–Kier alpha value is -4.22. The Morgan fingerprint density at radius 2 is 1.00 bits per heavy atom. The fraction of sp³-hybridized carbons (Fsp3) is 0.225. The fourth-order valence-electron chi connectivity index (χ4n) is 6.94. The summed E-state index contributed by atoms with van der Waals surface area (Å²) >= 11 is 0. The third-order valence-electron chi connectivity index (χ3n) is 9.47. The maximum absolute atomic E-state index is 14.2. The molecule has 228 valence electrons. The number of nitrogens with one attached hydrogen (secondary N) is 1. The van der Waals surface area contributed by atoms with Crippen LogP contribution in [0.4, 0.5) is 0 Å². The first-order chi connectivity index (χ1) is 21.7. The summed E-state index contributed by atoms with van der Waals surface area (Å²) in [5.74, 6) is 0.144. The van der Waals surface area contributed by atoms with E-state index in [4.69, 9.17) is 0 Å². The number of carbonyl (C=O) groups excluding carboxylic acids is 1. The molecule has 1 heterocycles. The van der Waals surface area contributed by atoms with E-state index >= 15 is 0 Å². The van der Waals surface area contributed by atoms with Gasteiger partial charge in [0.2, 0.25) is 5.91 Å². The molecule has 5 heteroatoms. The second-order valence-electron chi connectivity index (χ2n) is 12.2. The van der Waals surface area contributed by atoms with Gasteiger partial charge in [0, 0.05) is 52.1 Å². The second-order valence-corrected chi connectivity index (χ2v) is 12.2. The Morgan fingerprint density at radius 3 is 1.51 bits per heavy atom. The molecule has 0 atom stereocenters. The number of nitrogens with zero attached hydrogens (tertiary/aromatic N) is 2. The smallest absolute Gasteiger partial charge is 0.241 e. The number of hydrogen-bond donors (Lipinski definition) is 1. The van der Waals surface area contributed by atoms with Crippen molar-refractivity contribution in [1.29, 1.82) is 0 Å². The number of halogens is 1. The van der Waals surface area contributed by atoms with E-state index < -0.39 is 5.54 Å². The molecular weight excluding hydrogens is 574 g/mol. The van der Waals surface area contributed by atoms with Crippen LogP contribution in [0.1, 0.15) is 22.3 Å². The molecule has 1 saturated heterocycles. The van der Waals surface area contributed by atoms with Crippen molar-refractivity contribution < 1.29 is 4.79 Å². The average molecular weight is 614 g/mol. The Labute approximate surface area is 273 Å². The van der Waals surface area contributed by atoms with Crippen LogP contribution in [0.3, 0.4) is 0 Å². The van der Waals surface area contributed by atoms with E-state index in [-0.39, 0.29) is 18.3 Å². The van der Waals surface area contributed by atoms with Gasteiger partial charge in [-0.15, -0.1) is 12.4 Å². The van der Waals surface area contributed by atoms with Crippen LogP contribution < -0.4 is 5.32 Å². The number of carbonyl (C=O) groups is 1. The van der Waals surface area contributed by atoms with Crippen molar-refractivity contribution in [3.63, 3.8) is 0 Å². The van der Waals surface area contributed by atoms with Crippen LogP contribution in [-0.4, -0.2) is 47.4 Å². The number of fused-ring (bicyclic) bond motifs is 1. The van der Waals surface area contributed by atoms with Crippen LogP contribution in [0.15, 0.2) is 133 Å². The zero-order valence-electron chi connectivity index (χ0n) is 25.6. The van der Waals surface area contributed by atoms with Crippen molar-refractivity contribution in [2.24, 2.45) is 0 Å². The fourth-order valence-corrected chi connectivity index (χ4v) is 6.94. The first kappa shape index (κ1) is 30.8. The maximum atomic E-state index is 14.2. The Kier molecular flexibility index (Phi) is 9.46. The SMILES string of the molecule is Cl.O=C(NCc1ccc(-c2ccccc2)cc1)C1(N2CCN(Cc3ccc(-c4ccccc4)cc3)CC2)Cc2ccccc2C1. The van der Waals surface area contributed by atoms with Crippen LogP contribution >= 0.6 is 12.4 Å². The van der Waals surface area contributed by atoms with Gasteiger partial charge in [0.05, 0.1) is 0 Å². The lowest BCUT2D eigenvalue weighted by molar-refractivity contribution is -0.135. The van der Waals surface area contributed by atoms with Crippen LogP contribution in [0.5, 0.6) is 0 Å². The summed E-state index contributed by atoms with van der Waals surface area (Å²) in [5, 5.41) is 3.35. The molecule has 7 rings (SSSR count). The van der Waals surface area contributed by atoms with E-state index in [2.05, 4.69) is 143 Å². The molecule has 5 aromatic rings. The predicted octanol–water partition coefficient (Wildman–Crippen LogP) is 7.41. The molecule has 0 bridgehead atoms. The molecule has 45 heavy (non-hydrogen) atoms. The molecule has 1 N–H and O–H groups in total. The van der Waals surface area contributed by atoms with Crippen molar-refractivity contribution in [3.05, 3.63) is 156 Å². The molecule has 0 unspecified atom stereocenters. The van der Waals surface area contributed by atoms with Gasteiger partial charge in [0.25, 0.3) is 0 Å². The lowest BCUT2D eigenvalue weighted by Gasteiger charge is -2.45. The van der Waals surface area contributed by atoms with Gasteiger partial charge in [-0.2, -0.15) is 0 Å². The summed E-state index contributed by atoms with van der Waals surface area (Å²) in [6.07, 6.45) is 1.53. The van der Waals surface area contributed by atoms with E-state index in [9.17, 15) is 4.79 Å². The minimum absolute atomic E-state index is 0. The largest absolute Gasteiger partial charge is 0.350 e. The Morgan fingerprint density at radius 1 is 0.556 bits per heavy atom. The molecule has 5 aromatic carbocycles. The summed E-state index contributed by atoms with van der Waals surface area (Å²) in [4.78, 5) is 19.1. The number of benzene rings is 5. The molecule has 0 saturated carbocycles. The van der Waals surface area contributed by atoms with Gasteiger partial charge >= 0.3 is 0 Å². The maximum Gasteiger partial charge on any atom is 0.241 e. The van der Waals surface area contributed by atoms with E-state index in [1.165, 1.54) is 38.9 Å². The van der Waals surface area contributed by atoms with Gasteiger partial charge in [-0.25, -0.2) is 0 Å². The molecular formula is C40H40ClN3O. The molecule has 2 aliphatic rings. The van der Waals surface area contributed by atoms with Gasteiger partial charge < -0.3 is 5.32 Å². The normalized spacial score (nSPS) is 16.0. The lowest BCUT2D eigenvalue weighted by atomic mass is 9.90. The Balaban J connectivity index is 0.00000357. The van der Waals surface area contributed by atoms with Crippen molar-refractivity contribution >= 4 is 18.3 Å². The van der Waals surface area contributed by atoms with Gasteiger partial charge in [-0.3, -0.25) is 14.6 Å². The van der Waals surface area contributed by atoms with Crippen LogP contribution in [0, 0.1) is 0 Å². The van der Waals surface area contributed by atoms with Crippen molar-refractivity contribution in [3.8, 4) is 22.3 Å². The first-order valence-corrected chi connectivity index (χ1v) is 15.8. The van der Waals surface area contributed by atoms with E-state index in [0.717, 1.165) is 51.1 Å². The van der Waals surface area contributed by atoms with Gasteiger partial charge in [-0.05, 0) is 44.5 Å². The summed E-state index contributed by atoms with van der Waals surface area (Å²) in [7, 11) is 0. The summed E-state index contributed by atoms with van der Waals surface area (Å²) < 4.78 is 0. The van der Waals surface area contributed by atoms with Crippen LogP contribution in [0.2, 0.25) is 0 Å². The molecule has 1 amide bonds. The average Bonchev–Trinajstić information content (AvgIpc) is 3.50. The zero-order chi connectivity index (χ0) is 29.8. The van der Waals surface area contributed by atoms with Crippen molar-refractivity contribution in [2.75, 3.05) is 26.2 Å². The zero-order valence-corrected chi connectivity index (χ0v) is 26.4. The first-order valence-electron chi connectivity index (χ1n) is 15.8. The molecule has 0 radical (unpaired) electrons. The molecule has 1 fully saturated rings. The highest BCUT2D eigenvalue weighted by Crippen LogP contribution is 2.36. The molecule has 1 aliphatic carbocycles. The predicted molar refractivity (Wildman–Crippen MR) is 186 cm³/mol. The summed E-state index contributed by atoms with van der Waals surface area (Å²) in [6, 6.07) is 47.0. The van der Waals surface area contributed by atoms with E-state index in [1.807, 2.05) is 6.07 Å². The highest BCUT2D eigenvalue weighted by Gasteiger charge is 2.48. The van der Waals surface area contributed by atoms with Crippen LogP contribution in [0.25, 0.3) is 22.3 Å². The lowest BCUT2D eigenvalue weighted by Crippen LogP contribution is -2.64. The van der Waals surface area contributed by atoms with Crippen molar-refractivity contribution in [1.82, 2.24) is 15.1 Å². The summed E-state index contributed by atoms with van der Waals surface area (Å²) in [5.41, 5.74) is 9.40. The second kappa shape index (κ2) is 13.8. The highest BCUT2D eigenvalue weighted by atomic mass is 35.5. The number of rotatable bonds is 8. The Bertz CT molecular complexity index is 1670. The third kappa shape index (κ3) is 6.74.